The lowest BCUT2D eigenvalue weighted by molar-refractivity contribution is -0.135. The smallest absolute Gasteiger partial charge is 0.238 e. The number of aliphatic hydroxyl groups excluding tert-OH is 1. The van der Waals surface area contributed by atoms with Crippen LogP contribution in [0.1, 0.15) is 31.9 Å². The zero-order valence-corrected chi connectivity index (χ0v) is 17.2. The van der Waals surface area contributed by atoms with E-state index in [1.54, 1.807) is 4.90 Å². The third kappa shape index (κ3) is 3.22. The Kier molecular flexibility index (Phi) is 4.94. The molecule has 0 bridgehead atoms. The number of aliphatic hydroxyl groups is 1. The summed E-state index contributed by atoms with van der Waals surface area (Å²) in [5, 5.41) is 26.5. The van der Waals surface area contributed by atoms with Crippen molar-refractivity contribution < 1.29 is 14.3 Å². The van der Waals surface area contributed by atoms with Gasteiger partial charge >= 0.3 is 0 Å². The normalized spacial score (nSPS) is 28.8. The molecule has 3 atom stereocenters. The zero-order chi connectivity index (χ0) is 20.1. The SMILES string of the molecule is C[C@@H]1C[C@@H](C(=O)NC2(C#N)CC2)N(C(O)C2(c3ncc(Br)cc3F)CNC2)C1. The molecule has 0 aromatic carbocycles. The maximum absolute atomic E-state index is 14.7. The Morgan fingerprint density at radius 1 is 1.57 bits per heavy atom. The lowest BCUT2D eigenvalue weighted by Gasteiger charge is -2.49. The fourth-order valence-electron chi connectivity index (χ4n) is 4.28. The van der Waals surface area contributed by atoms with Crippen LogP contribution < -0.4 is 10.6 Å². The van der Waals surface area contributed by atoms with E-state index in [4.69, 9.17) is 0 Å². The van der Waals surface area contributed by atoms with Crippen LogP contribution in [0, 0.1) is 23.1 Å². The fraction of sp³-hybridized carbons (Fsp3) is 0.632. The van der Waals surface area contributed by atoms with Crippen LogP contribution in [0.25, 0.3) is 0 Å². The van der Waals surface area contributed by atoms with Crippen LogP contribution >= 0.6 is 15.9 Å². The van der Waals surface area contributed by atoms with Gasteiger partial charge in [-0.25, -0.2) is 4.39 Å². The number of amides is 1. The molecule has 9 heteroatoms. The van der Waals surface area contributed by atoms with Gasteiger partial charge in [0.25, 0.3) is 0 Å². The van der Waals surface area contributed by atoms with Crippen LogP contribution in [0.4, 0.5) is 4.39 Å². The number of nitrogens with one attached hydrogen (secondary N) is 2. The second-order valence-corrected chi connectivity index (χ2v) is 9.27. The number of hydrogen-bond acceptors (Lipinski definition) is 6. The number of hydrogen-bond donors (Lipinski definition) is 3. The number of nitriles is 1. The molecule has 2 saturated heterocycles. The van der Waals surface area contributed by atoms with Gasteiger partial charge in [-0.2, -0.15) is 5.26 Å². The average Bonchev–Trinajstić information content (AvgIpc) is 3.27. The minimum absolute atomic E-state index is 0.204. The zero-order valence-electron chi connectivity index (χ0n) is 15.6. The summed E-state index contributed by atoms with van der Waals surface area (Å²) >= 11 is 3.21. The summed E-state index contributed by atoms with van der Waals surface area (Å²) in [4.78, 5) is 18.9. The monoisotopic (exact) mass is 451 g/mol. The number of rotatable bonds is 5. The second-order valence-electron chi connectivity index (χ2n) is 8.35. The molecule has 3 heterocycles. The van der Waals surface area contributed by atoms with Crippen LogP contribution in [0.5, 0.6) is 0 Å². The average molecular weight is 452 g/mol. The molecule has 1 aliphatic carbocycles. The van der Waals surface area contributed by atoms with Gasteiger partial charge in [0.1, 0.15) is 17.6 Å². The van der Waals surface area contributed by atoms with Crippen LogP contribution in [0.3, 0.4) is 0 Å². The number of aromatic nitrogens is 1. The number of likely N-dealkylation sites (tertiary alicyclic amines) is 1. The molecule has 3 N–H and O–H groups in total. The van der Waals surface area contributed by atoms with E-state index in [9.17, 15) is 19.6 Å². The van der Waals surface area contributed by atoms with E-state index in [1.165, 1.54) is 12.3 Å². The first kappa shape index (κ1) is 19.7. The van der Waals surface area contributed by atoms with E-state index in [0.717, 1.165) is 0 Å². The Hall–Kier alpha value is -1.60. The number of carbonyl (C=O) groups excluding carboxylic acids is 1. The highest BCUT2D eigenvalue weighted by molar-refractivity contribution is 9.10. The Labute approximate surface area is 171 Å². The quantitative estimate of drug-likeness (QED) is 0.617. The highest BCUT2D eigenvalue weighted by atomic mass is 79.9. The van der Waals surface area contributed by atoms with Crippen molar-refractivity contribution in [1.29, 1.82) is 5.26 Å². The summed E-state index contributed by atoms with van der Waals surface area (Å²) in [5.41, 5.74) is -1.47. The molecule has 1 saturated carbocycles. The van der Waals surface area contributed by atoms with E-state index in [1.807, 2.05) is 6.92 Å². The lowest BCUT2D eigenvalue weighted by atomic mass is 9.75. The molecule has 1 aromatic heterocycles. The molecule has 2 aliphatic heterocycles. The summed E-state index contributed by atoms with van der Waals surface area (Å²) in [7, 11) is 0. The molecule has 4 rings (SSSR count). The summed E-state index contributed by atoms with van der Waals surface area (Å²) < 4.78 is 15.2. The third-order valence-electron chi connectivity index (χ3n) is 6.15. The van der Waals surface area contributed by atoms with Gasteiger partial charge in [0.15, 0.2) is 0 Å². The largest absolute Gasteiger partial charge is 0.377 e. The van der Waals surface area contributed by atoms with Gasteiger partial charge in [-0.3, -0.25) is 14.7 Å². The van der Waals surface area contributed by atoms with E-state index in [0.29, 0.717) is 43.4 Å². The van der Waals surface area contributed by atoms with Crippen LogP contribution in [0.15, 0.2) is 16.7 Å². The summed E-state index contributed by atoms with van der Waals surface area (Å²) in [5.74, 6) is -0.519. The minimum atomic E-state index is -1.06. The number of halogens is 2. The van der Waals surface area contributed by atoms with Gasteiger partial charge in [-0.15, -0.1) is 0 Å². The van der Waals surface area contributed by atoms with Crippen molar-refractivity contribution in [3.8, 4) is 6.07 Å². The maximum atomic E-state index is 14.7. The Morgan fingerprint density at radius 3 is 2.82 bits per heavy atom. The number of pyridine rings is 1. The molecule has 1 amide bonds. The van der Waals surface area contributed by atoms with Crippen molar-refractivity contribution in [2.75, 3.05) is 19.6 Å². The van der Waals surface area contributed by atoms with E-state index < -0.39 is 29.0 Å². The standard InChI is InChI=1S/C19H23BrFN5O2/c1-11-4-14(16(27)25-18(8-22)2-3-18)26(7-11)17(28)19(9-23-10-19)15-13(21)5-12(20)6-24-15/h5-6,11,14,17,23,28H,2-4,7,9-10H2,1H3,(H,25,27)/t11-,14+,17?/m1/s1. The van der Waals surface area contributed by atoms with Crippen molar-refractivity contribution >= 4 is 21.8 Å². The van der Waals surface area contributed by atoms with Crippen molar-refractivity contribution in [3.05, 3.63) is 28.2 Å². The molecule has 150 valence electrons. The van der Waals surface area contributed by atoms with Crippen LogP contribution in [0.2, 0.25) is 0 Å². The minimum Gasteiger partial charge on any atom is -0.377 e. The predicted molar refractivity (Wildman–Crippen MR) is 102 cm³/mol. The molecule has 28 heavy (non-hydrogen) atoms. The van der Waals surface area contributed by atoms with Gasteiger partial charge in [-0.05, 0) is 47.2 Å². The fourth-order valence-corrected chi connectivity index (χ4v) is 4.58. The molecule has 1 aromatic rings. The lowest BCUT2D eigenvalue weighted by Crippen LogP contribution is -2.69. The van der Waals surface area contributed by atoms with Crippen molar-refractivity contribution in [1.82, 2.24) is 20.5 Å². The Morgan fingerprint density at radius 2 is 2.29 bits per heavy atom. The summed E-state index contributed by atoms with van der Waals surface area (Å²) in [6.45, 7) is 3.30. The molecular weight excluding hydrogens is 429 g/mol. The first-order valence-electron chi connectivity index (χ1n) is 9.50. The highest BCUT2D eigenvalue weighted by Gasteiger charge is 2.55. The van der Waals surface area contributed by atoms with Gasteiger partial charge in [0.2, 0.25) is 5.91 Å². The first-order valence-corrected chi connectivity index (χ1v) is 10.3. The van der Waals surface area contributed by atoms with E-state index >= 15 is 0 Å². The molecular formula is C19H23BrFN5O2. The van der Waals surface area contributed by atoms with Crippen molar-refractivity contribution in [2.24, 2.45) is 5.92 Å². The maximum Gasteiger partial charge on any atom is 0.238 e. The molecule has 1 unspecified atom stereocenters. The van der Waals surface area contributed by atoms with Gasteiger partial charge < -0.3 is 15.7 Å². The van der Waals surface area contributed by atoms with Crippen LogP contribution in [-0.4, -0.2) is 58.3 Å². The molecule has 3 aliphatic rings. The topological polar surface area (TPSA) is 101 Å². The summed E-state index contributed by atoms with van der Waals surface area (Å²) in [6.07, 6.45) is 2.36. The molecule has 0 radical (unpaired) electrons. The van der Waals surface area contributed by atoms with Gasteiger partial charge in [0.05, 0.1) is 23.2 Å². The van der Waals surface area contributed by atoms with Gasteiger partial charge in [-0.1, -0.05) is 6.92 Å². The molecule has 0 spiro atoms. The number of carbonyl (C=O) groups is 1. The van der Waals surface area contributed by atoms with Gasteiger partial charge in [0, 0.05) is 30.3 Å². The van der Waals surface area contributed by atoms with Crippen LogP contribution in [-0.2, 0) is 10.2 Å². The summed E-state index contributed by atoms with van der Waals surface area (Å²) in [6, 6.07) is 2.96. The molecule has 7 nitrogen and oxygen atoms in total. The first-order chi connectivity index (χ1) is 13.3. The number of nitrogens with zero attached hydrogens (tertiary/aromatic N) is 3. The molecule has 3 fully saturated rings. The van der Waals surface area contributed by atoms with E-state index in [-0.39, 0.29) is 17.5 Å². The Balaban J connectivity index is 1.60. The van der Waals surface area contributed by atoms with E-state index in [2.05, 4.69) is 37.6 Å². The third-order valence-corrected chi connectivity index (χ3v) is 6.58. The predicted octanol–water partition coefficient (Wildman–Crippen LogP) is 1.03. The highest BCUT2D eigenvalue weighted by Crippen LogP contribution is 2.39. The van der Waals surface area contributed by atoms with Crippen molar-refractivity contribution in [3.63, 3.8) is 0 Å². The Bertz CT molecular complexity index is 836. The second kappa shape index (κ2) is 7.02. The van der Waals surface area contributed by atoms with Crippen molar-refractivity contribution in [2.45, 2.75) is 49.4 Å².